The largest absolute Gasteiger partial charge is 0.357 e. The maximum Gasteiger partial charge on any atom is 0.210 e. The van der Waals surface area contributed by atoms with Crippen LogP contribution in [0.5, 0.6) is 0 Å². The number of aliphatic imine (C=N–C) groups is 1. The van der Waals surface area contributed by atoms with E-state index in [0.717, 1.165) is 6.54 Å². The van der Waals surface area contributed by atoms with Crippen molar-refractivity contribution in [2.45, 2.75) is 20.8 Å². The smallest absolute Gasteiger partial charge is 0.210 e. The molecule has 0 aromatic heterocycles. The second-order valence-corrected chi connectivity index (χ2v) is 5.64. The summed E-state index contributed by atoms with van der Waals surface area (Å²) in [7, 11) is -3.41. The maximum atomic E-state index is 10.7. The van der Waals surface area contributed by atoms with E-state index in [1.807, 2.05) is 6.92 Å². The van der Waals surface area contributed by atoms with Crippen molar-refractivity contribution < 1.29 is 8.42 Å². The van der Waals surface area contributed by atoms with E-state index in [1.165, 1.54) is 0 Å². The Morgan fingerprint density at radius 2 is 2.00 bits per heavy atom. The quantitative estimate of drug-likeness (QED) is 0.437. The van der Waals surface area contributed by atoms with E-state index in [4.69, 9.17) is 5.14 Å². The van der Waals surface area contributed by atoms with Crippen LogP contribution in [0.15, 0.2) is 4.99 Å². The highest BCUT2D eigenvalue weighted by molar-refractivity contribution is 7.89. The van der Waals surface area contributed by atoms with Crippen LogP contribution in [0.25, 0.3) is 0 Å². The van der Waals surface area contributed by atoms with Crippen molar-refractivity contribution in [2.24, 2.45) is 16.0 Å². The Labute approximate surface area is 97.8 Å². The molecule has 0 fully saturated rings. The third kappa shape index (κ3) is 9.72. The molecule has 0 aliphatic carbocycles. The Bertz CT molecular complexity index is 311. The summed E-state index contributed by atoms with van der Waals surface area (Å²) in [6.07, 6.45) is 0. The summed E-state index contributed by atoms with van der Waals surface area (Å²) in [5.41, 5.74) is 0. The minimum Gasteiger partial charge on any atom is -0.357 e. The first-order chi connectivity index (χ1) is 7.35. The first-order valence-electron chi connectivity index (χ1n) is 5.37. The van der Waals surface area contributed by atoms with Crippen LogP contribution in [0.2, 0.25) is 0 Å². The number of sulfonamides is 1. The van der Waals surface area contributed by atoms with Crippen LogP contribution in [-0.2, 0) is 10.0 Å². The third-order valence-electron chi connectivity index (χ3n) is 1.64. The molecule has 0 amide bonds. The average Bonchev–Trinajstić information content (AvgIpc) is 2.12. The van der Waals surface area contributed by atoms with Crippen LogP contribution in [0.3, 0.4) is 0 Å². The fourth-order valence-corrected chi connectivity index (χ4v) is 1.31. The molecule has 96 valence electrons. The van der Waals surface area contributed by atoms with Gasteiger partial charge >= 0.3 is 0 Å². The second-order valence-electron chi connectivity index (χ2n) is 3.91. The van der Waals surface area contributed by atoms with E-state index in [9.17, 15) is 8.42 Å². The molecule has 0 atom stereocenters. The molecule has 0 bridgehead atoms. The monoisotopic (exact) mass is 250 g/mol. The van der Waals surface area contributed by atoms with Gasteiger partial charge in [0.15, 0.2) is 5.96 Å². The summed E-state index contributed by atoms with van der Waals surface area (Å²) >= 11 is 0. The van der Waals surface area contributed by atoms with Gasteiger partial charge in [-0.3, -0.25) is 4.99 Å². The van der Waals surface area contributed by atoms with Crippen molar-refractivity contribution in [1.29, 1.82) is 0 Å². The first-order valence-corrected chi connectivity index (χ1v) is 7.09. The highest BCUT2D eigenvalue weighted by atomic mass is 32.2. The van der Waals surface area contributed by atoms with Gasteiger partial charge in [-0.1, -0.05) is 13.8 Å². The average molecular weight is 250 g/mol. The molecule has 0 saturated carbocycles. The fraction of sp³-hybridized carbons (Fsp3) is 0.889. The summed E-state index contributed by atoms with van der Waals surface area (Å²) in [5.74, 6) is 0.993. The third-order valence-corrected chi connectivity index (χ3v) is 2.41. The van der Waals surface area contributed by atoms with E-state index in [1.54, 1.807) is 0 Å². The normalized spacial score (nSPS) is 12.9. The van der Waals surface area contributed by atoms with Gasteiger partial charge < -0.3 is 10.6 Å². The van der Waals surface area contributed by atoms with Crippen molar-refractivity contribution in [3.63, 3.8) is 0 Å². The SMILES string of the molecule is CCNC(=NCC(C)C)NCCS(N)(=O)=O. The molecule has 0 heterocycles. The molecule has 16 heavy (non-hydrogen) atoms. The van der Waals surface area contributed by atoms with Crippen molar-refractivity contribution in [1.82, 2.24) is 10.6 Å². The predicted octanol–water partition coefficient (Wildman–Crippen LogP) is -0.514. The number of rotatable bonds is 6. The van der Waals surface area contributed by atoms with Crippen LogP contribution in [0.1, 0.15) is 20.8 Å². The highest BCUT2D eigenvalue weighted by Gasteiger charge is 2.03. The lowest BCUT2D eigenvalue weighted by atomic mass is 10.2. The fourth-order valence-electron chi connectivity index (χ4n) is 0.927. The topological polar surface area (TPSA) is 96.6 Å². The number of hydrogen-bond donors (Lipinski definition) is 3. The van der Waals surface area contributed by atoms with Crippen LogP contribution in [0, 0.1) is 5.92 Å². The summed E-state index contributed by atoms with van der Waals surface area (Å²) < 4.78 is 21.4. The summed E-state index contributed by atoms with van der Waals surface area (Å²) in [6, 6.07) is 0. The maximum absolute atomic E-state index is 10.7. The molecule has 6 nitrogen and oxygen atoms in total. The molecule has 0 aliphatic heterocycles. The molecule has 0 aliphatic rings. The van der Waals surface area contributed by atoms with Crippen LogP contribution in [-0.4, -0.2) is 39.8 Å². The van der Waals surface area contributed by atoms with Gasteiger partial charge in [0.05, 0.1) is 5.75 Å². The predicted molar refractivity (Wildman–Crippen MR) is 66.8 cm³/mol. The number of hydrogen-bond acceptors (Lipinski definition) is 3. The standard InChI is InChI=1S/C9H22N4O2S/c1-4-11-9(13-7-8(2)3)12-5-6-16(10,14)15/h8H,4-7H2,1-3H3,(H2,10,14,15)(H2,11,12,13). The Morgan fingerprint density at radius 1 is 1.38 bits per heavy atom. The minimum absolute atomic E-state index is 0.0981. The van der Waals surface area contributed by atoms with Crippen LogP contribution < -0.4 is 15.8 Å². The van der Waals surface area contributed by atoms with Gasteiger partial charge in [-0.15, -0.1) is 0 Å². The van der Waals surface area contributed by atoms with Crippen molar-refractivity contribution in [2.75, 3.05) is 25.4 Å². The second kappa shape index (κ2) is 7.45. The molecule has 0 saturated heterocycles. The molecular weight excluding hydrogens is 228 g/mol. The van der Waals surface area contributed by atoms with E-state index in [2.05, 4.69) is 29.5 Å². The zero-order valence-electron chi connectivity index (χ0n) is 10.2. The van der Waals surface area contributed by atoms with Crippen LogP contribution >= 0.6 is 0 Å². The van der Waals surface area contributed by atoms with Crippen molar-refractivity contribution >= 4 is 16.0 Å². The molecule has 0 unspecified atom stereocenters. The van der Waals surface area contributed by atoms with E-state index in [-0.39, 0.29) is 12.3 Å². The first kappa shape index (κ1) is 15.2. The molecule has 0 aromatic carbocycles. The van der Waals surface area contributed by atoms with Gasteiger partial charge in [-0.05, 0) is 12.8 Å². The zero-order chi connectivity index (χ0) is 12.6. The zero-order valence-corrected chi connectivity index (χ0v) is 11.0. The van der Waals surface area contributed by atoms with Crippen LogP contribution in [0.4, 0.5) is 0 Å². The molecule has 0 radical (unpaired) electrons. The van der Waals surface area contributed by atoms with E-state index >= 15 is 0 Å². The number of primary sulfonamides is 1. The molecule has 0 spiro atoms. The number of nitrogens with one attached hydrogen (secondary N) is 2. The van der Waals surface area contributed by atoms with Crippen molar-refractivity contribution in [3.05, 3.63) is 0 Å². The van der Waals surface area contributed by atoms with Gasteiger partial charge in [0.2, 0.25) is 10.0 Å². The van der Waals surface area contributed by atoms with Crippen molar-refractivity contribution in [3.8, 4) is 0 Å². The van der Waals surface area contributed by atoms with Gasteiger partial charge in [0.1, 0.15) is 0 Å². The Kier molecular flexibility index (Phi) is 7.07. The van der Waals surface area contributed by atoms with Gasteiger partial charge in [-0.2, -0.15) is 0 Å². The van der Waals surface area contributed by atoms with Gasteiger partial charge in [0.25, 0.3) is 0 Å². The lowest BCUT2D eigenvalue weighted by molar-refractivity contribution is 0.596. The molecular formula is C9H22N4O2S. The van der Waals surface area contributed by atoms with Gasteiger partial charge in [-0.25, -0.2) is 13.6 Å². The van der Waals surface area contributed by atoms with E-state index < -0.39 is 10.0 Å². The molecule has 7 heteroatoms. The number of nitrogens with zero attached hydrogens (tertiary/aromatic N) is 1. The summed E-state index contributed by atoms with van der Waals surface area (Å²) in [5, 5.41) is 10.8. The lowest BCUT2D eigenvalue weighted by Crippen LogP contribution is -2.40. The van der Waals surface area contributed by atoms with Gasteiger partial charge in [0, 0.05) is 19.6 Å². The minimum atomic E-state index is -3.41. The molecule has 0 aromatic rings. The Hall–Kier alpha value is -0.820. The molecule has 4 N–H and O–H groups in total. The Morgan fingerprint density at radius 3 is 2.44 bits per heavy atom. The summed E-state index contributed by atoms with van der Waals surface area (Å²) in [6.45, 7) is 7.79. The highest BCUT2D eigenvalue weighted by Crippen LogP contribution is 1.91. The molecule has 0 rings (SSSR count). The summed E-state index contributed by atoms with van der Waals surface area (Å²) in [4.78, 5) is 4.29. The van der Waals surface area contributed by atoms with E-state index in [0.29, 0.717) is 18.4 Å². The number of nitrogens with two attached hydrogens (primary N) is 1. The Balaban J connectivity index is 4.08. The lowest BCUT2D eigenvalue weighted by Gasteiger charge is -2.11. The number of guanidine groups is 1.